The fourth-order valence-corrected chi connectivity index (χ4v) is 1.74. The maximum absolute atomic E-state index is 12.0. The first-order valence-corrected chi connectivity index (χ1v) is 7.45. The van der Waals surface area contributed by atoms with Crippen molar-refractivity contribution in [2.75, 3.05) is 0 Å². The molecule has 0 saturated carbocycles. The smallest absolute Gasteiger partial charge is 0.338 e. The van der Waals surface area contributed by atoms with Crippen molar-refractivity contribution in [2.24, 2.45) is 0 Å². The molecule has 6 nitrogen and oxygen atoms in total. The summed E-state index contributed by atoms with van der Waals surface area (Å²) >= 11 is 0. The monoisotopic (exact) mass is 320 g/mol. The molecule has 0 aromatic heterocycles. The third-order valence-corrected chi connectivity index (χ3v) is 2.88. The summed E-state index contributed by atoms with van der Waals surface area (Å²) in [6.07, 6.45) is -0.874. The summed E-state index contributed by atoms with van der Waals surface area (Å²) in [6, 6.07) is 6.67. The van der Waals surface area contributed by atoms with E-state index >= 15 is 0 Å². The van der Waals surface area contributed by atoms with Crippen LogP contribution in [0.3, 0.4) is 0 Å². The first-order chi connectivity index (χ1) is 10.6. The van der Waals surface area contributed by atoms with Crippen molar-refractivity contribution in [2.45, 2.75) is 52.8 Å². The molecule has 126 valence electrons. The predicted molar refractivity (Wildman–Crippen MR) is 86.7 cm³/mol. The van der Waals surface area contributed by atoms with Crippen molar-refractivity contribution < 1.29 is 19.1 Å². The van der Waals surface area contributed by atoms with Crippen LogP contribution in [0.1, 0.15) is 50.5 Å². The molecule has 0 saturated heterocycles. The Kier molecular flexibility index (Phi) is 6.30. The summed E-state index contributed by atoms with van der Waals surface area (Å²) < 4.78 is 5.16. The number of esters is 1. The normalized spacial score (nSPS) is 12.2. The van der Waals surface area contributed by atoms with Crippen LogP contribution in [0.4, 0.5) is 0 Å². The molecular weight excluding hydrogens is 296 g/mol. The Morgan fingerprint density at radius 1 is 1.13 bits per heavy atom. The van der Waals surface area contributed by atoms with Crippen molar-refractivity contribution >= 4 is 17.8 Å². The highest BCUT2D eigenvalue weighted by Gasteiger charge is 2.22. The van der Waals surface area contributed by atoms with Gasteiger partial charge in [0.1, 0.15) is 0 Å². The fourth-order valence-electron chi connectivity index (χ4n) is 1.74. The number of benzene rings is 1. The van der Waals surface area contributed by atoms with E-state index in [0.29, 0.717) is 12.1 Å². The second kappa shape index (κ2) is 7.76. The van der Waals surface area contributed by atoms with Crippen molar-refractivity contribution in [1.29, 1.82) is 0 Å². The van der Waals surface area contributed by atoms with E-state index in [2.05, 4.69) is 10.6 Å². The van der Waals surface area contributed by atoms with Gasteiger partial charge in [-0.05, 0) is 45.4 Å². The van der Waals surface area contributed by atoms with E-state index in [9.17, 15) is 14.4 Å². The number of carbonyl (C=O) groups excluding carboxylic acids is 3. The van der Waals surface area contributed by atoms with Gasteiger partial charge in [0, 0.05) is 19.0 Å². The zero-order valence-electron chi connectivity index (χ0n) is 14.2. The second-order valence-corrected chi connectivity index (χ2v) is 6.39. The highest BCUT2D eigenvalue weighted by molar-refractivity contribution is 5.92. The van der Waals surface area contributed by atoms with E-state index in [4.69, 9.17) is 4.74 Å². The molecule has 0 spiro atoms. The van der Waals surface area contributed by atoms with Crippen molar-refractivity contribution in [3.8, 4) is 0 Å². The van der Waals surface area contributed by atoms with Gasteiger partial charge < -0.3 is 15.4 Å². The molecule has 6 heteroatoms. The first kappa shape index (κ1) is 18.7. The third kappa shape index (κ3) is 6.95. The lowest BCUT2D eigenvalue weighted by atomic mass is 10.1. The minimum atomic E-state index is -0.874. The number of hydrogen-bond donors (Lipinski definition) is 2. The minimum absolute atomic E-state index is 0.118. The summed E-state index contributed by atoms with van der Waals surface area (Å²) in [4.78, 5) is 34.8. The van der Waals surface area contributed by atoms with E-state index in [1.807, 2.05) is 20.8 Å². The number of ether oxygens (including phenoxy) is 1. The molecule has 0 aliphatic heterocycles. The van der Waals surface area contributed by atoms with Gasteiger partial charge in [-0.25, -0.2) is 4.79 Å². The van der Waals surface area contributed by atoms with Gasteiger partial charge in [0.05, 0.1) is 5.56 Å². The molecule has 0 aliphatic rings. The van der Waals surface area contributed by atoms with Crippen LogP contribution in [0, 0.1) is 0 Å². The van der Waals surface area contributed by atoms with Crippen LogP contribution in [0.2, 0.25) is 0 Å². The molecule has 0 aliphatic carbocycles. The van der Waals surface area contributed by atoms with Crippen molar-refractivity contribution in [1.82, 2.24) is 10.6 Å². The standard InChI is InChI=1S/C17H24N2O4/c1-11(15(21)19-17(3,4)5)23-16(22)14-8-6-13(7-9-14)10-18-12(2)20/h6-9,11H,10H2,1-5H3,(H,18,20)(H,19,21). The van der Waals surface area contributed by atoms with Crippen LogP contribution in [0.5, 0.6) is 0 Å². The quantitative estimate of drug-likeness (QED) is 0.810. The molecule has 0 heterocycles. The largest absolute Gasteiger partial charge is 0.449 e. The van der Waals surface area contributed by atoms with Gasteiger partial charge in [-0.3, -0.25) is 9.59 Å². The van der Waals surface area contributed by atoms with Crippen molar-refractivity contribution in [3.63, 3.8) is 0 Å². The molecule has 1 unspecified atom stereocenters. The van der Waals surface area contributed by atoms with E-state index in [0.717, 1.165) is 5.56 Å². The maximum atomic E-state index is 12.0. The van der Waals surface area contributed by atoms with Gasteiger partial charge in [0.2, 0.25) is 5.91 Å². The van der Waals surface area contributed by atoms with Crippen LogP contribution in [-0.4, -0.2) is 29.4 Å². The molecule has 0 radical (unpaired) electrons. The van der Waals surface area contributed by atoms with Crippen LogP contribution < -0.4 is 10.6 Å². The molecule has 0 fully saturated rings. The topological polar surface area (TPSA) is 84.5 Å². The number of rotatable bonds is 5. The van der Waals surface area contributed by atoms with Gasteiger partial charge >= 0.3 is 5.97 Å². The number of nitrogens with one attached hydrogen (secondary N) is 2. The van der Waals surface area contributed by atoms with E-state index < -0.39 is 12.1 Å². The average molecular weight is 320 g/mol. The van der Waals surface area contributed by atoms with Gasteiger partial charge in [-0.2, -0.15) is 0 Å². The second-order valence-electron chi connectivity index (χ2n) is 6.39. The Hall–Kier alpha value is -2.37. The number of carbonyl (C=O) groups is 3. The van der Waals surface area contributed by atoms with E-state index in [1.54, 1.807) is 24.3 Å². The lowest BCUT2D eigenvalue weighted by molar-refractivity contribution is -0.130. The Morgan fingerprint density at radius 3 is 2.17 bits per heavy atom. The lowest BCUT2D eigenvalue weighted by Crippen LogP contribution is -2.46. The SMILES string of the molecule is CC(=O)NCc1ccc(C(=O)OC(C)C(=O)NC(C)(C)C)cc1. The Balaban J connectivity index is 2.60. The number of amides is 2. The Bertz CT molecular complexity index is 573. The molecule has 1 rings (SSSR count). The molecule has 2 amide bonds. The first-order valence-electron chi connectivity index (χ1n) is 7.45. The molecule has 0 bridgehead atoms. The maximum Gasteiger partial charge on any atom is 0.338 e. The average Bonchev–Trinajstić information content (AvgIpc) is 2.43. The van der Waals surface area contributed by atoms with Crippen molar-refractivity contribution in [3.05, 3.63) is 35.4 Å². The van der Waals surface area contributed by atoms with Gasteiger partial charge in [-0.15, -0.1) is 0 Å². The van der Waals surface area contributed by atoms with E-state index in [1.165, 1.54) is 13.8 Å². The highest BCUT2D eigenvalue weighted by atomic mass is 16.5. The summed E-state index contributed by atoms with van der Waals surface area (Å²) in [5.74, 6) is -1.02. The summed E-state index contributed by atoms with van der Waals surface area (Å²) in [6.45, 7) is 8.93. The molecule has 1 aromatic rings. The van der Waals surface area contributed by atoms with Gasteiger partial charge in [0.25, 0.3) is 5.91 Å². The number of hydrogen-bond acceptors (Lipinski definition) is 4. The predicted octanol–water partition coefficient (Wildman–Crippen LogP) is 1.78. The molecular formula is C17H24N2O4. The molecule has 23 heavy (non-hydrogen) atoms. The Morgan fingerprint density at radius 2 is 1.70 bits per heavy atom. The van der Waals surface area contributed by atoms with Gasteiger partial charge in [-0.1, -0.05) is 12.1 Å². The van der Waals surface area contributed by atoms with Gasteiger partial charge in [0.15, 0.2) is 6.10 Å². The zero-order valence-corrected chi connectivity index (χ0v) is 14.2. The molecule has 1 atom stereocenters. The Labute approximate surface area is 136 Å². The van der Waals surface area contributed by atoms with Crippen LogP contribution in [0.25, 0.3) is 0 Å². The minimum Gasteiger partial charge on any atom is -0.449 e. The van der Waals surface area contributed by atoms with Crippen LogP contribution >= 0.6 is 0 Å². The zero-order chi connectivity index (χ0) is 17.6. The summed E-state index contributed by atoms with van der Waals surface area (Å²) in [5, 5.41) is 5.43. The molecule has 1 aromatic carbocycles. The highest BCUT2D eigenvalue weighted by Crippen LogP contribution is 2.08. The lowest BCUT2D eigenvalue weighted by Gasteiger charge is -2.23. The van der Waals surface area contributed by atoms with E-state index in [-0.39, 0.29) is 17.4 Å². The summed E-state index contributed by atoms with van der Waals surface area (Å²) in [5.41, 5.74) is 0.839. The van der Waals surface area contributed by atoms with Crippen LogP contribution in [-0.2, 0) is 20.9 Å². The summed E-state index contributed by atoms with van der Waals surface area (Å²) in [7, 11) is 0. The fraction of sp³-hybridized carbons (Fsp3) is 0.471. The van der Waals surface area contributed by atoms with Crippen LogP contribution in [0.15, 0.2) is 24.3 Å². The molecule has 2 N–H and O–H groups in total. The third-order valence-electron chi connectivity index (χ3n) is 2.88.